The van der Waals surface area contributed by atoms with Gasteiger partial charge in [0.25, 0.3) is 0 Å². The Morgan fingerprint density at radius 3 is 2.89 bits per heavy atom. The van der Waals surface area contributed by atoms with Gasteiger partial charge in [-0.3, -0.25) is 0 Å². The maximum absolute atomic E-state index is 5.25. The van der Waals surface area contributed by atoms with Gasteiger partial charge in [0.05, 0.1) is 12.8 Å². The minimum atomic E-state index is 0.855. The molecule has 0 unspecified atom stereocenters. The summed E-state index contributed by atoms with van der Waals surface area (Å²) in [6, 6.07) is 7.99. The van der Waals surface area contributed by atoms with E-state index in [-0.39, 0.29) is 0 Å². The molecule has 1 aromatic carbocycles. The number of aryl methyl sites for hydroxylation is 1. The Kier molecular flexibility index (Phi) is 4.39. The minimum absolute atomic E-state index is 0.855. The number of hydrogen-bond donors (Lipinski definition) is 1. The summed E-state index contributed by atoms with van der Waals surface area (Å²) in [4.78, 5) is 7.98. The van der Waals surface area contributed by atoms with Crippen molar-refractivity contribution in [3.63, 3.8) is 0 Å². The molecule has 2 rings (SSSR count). The Balaban J connectivity index is 2.27. The van der Waals surface area contributed by atoms with Crippen molar-refractivity contribution in [1.82, 2.24) is 10.3 Å². The first-order valence-corrected chi connectivity index (χ1v) is 6.96. The van der Waals surface area contributed by atoms with Crippen molar-refractivity contribution in [1.29, 1.82) is 0 Å². The molecule has 0 aliphatic heterocycles. The largest absolute Gasteiger partial charge is 0.497 e. The molecular weight excluding hydrogens is 258 g/mol. The number of benzene rings is 1. The molecule has 0 radical (unpaired) electrons. The third kappa shape index (κ3) is 3.05. The van der Waals surface area contributed by atoms with Crippen LogP contribution >= 0.6 is 11.3 Å². The van der Waals surface area contributed by atoms with Gasteiger partial charge in [0, 0.05) is 30.2 Å². The van der Waals surface area contributed by atoms with Crippen LogP contribution in [-0.2, 0) is 6.54 Å². The van der Waals surface area contributed by atoms with E-state index >= 15 is 0 Å². The maximum Gasteiger partial charge on any atom is 0.190 e. The van der Waals surface area contributed by atoms with Crippen LogP contribution in [-0.4, -0.2) is 26.2 Å². The van der Waals surface area contributed by atoms with E-state index in [0.717, 1.165) is 28.8 Å². The molecule has 0 saturated heterocycles. The van der Waals surface area contributed by atoms with E-state index in [0.29, 0.717) is 0 Å². The number of nitrogens with zero attached hydrogens (tertiary/aromatic N) is 2. The van der Waals surface area contributed by atoms with E-state index in [1.54, 1.807) is 18.4 Å². The van der Waals surface area contributed by atoms with Crippen LogP contribution in [0.15, 0.2) is 24.3 Å². The van der Waals surface area contributed by atoms with Gasteiger partial charge in [-0.2, -0.15) is 0 Å². The smallest absolute Gasteiger partial charge is 0.190 e. The summed E-state index contributed by atoms with van der Waals surface area (Å²) in [6.45, 7) is 2.90. The summed E-state index contributed by atoms with van der Waals surface area (Å²) >= 11 is 1.71. The molecule has 0 spiro atoms. The van der Waals surface area contributed by atoms with E-state index in [1.807, 2.05) is 39.2 Å². The highest BCUT2D eigenvalue weighted by molar-refractivity contribution is 7.15. The van der Waals surface area contributed by atoms with Gasteiger partial charge in [0.1, 0.15) is 5.75 Å². The number of anilines is 2. The van der Waals surface area contributed by atoms with Crippen LogP contribution in [0.4, 0.5) is 10.8 Å². The highest BCUT2D eigenvalue weighted by atomic mass is 32.1. The summed E-state index contributed by atoms with van der Waals surface area (Å²) < 4.78 is 5.25. The van der Waals surface area contributed by atoms with Gasteiger partial charge in [0.2, 0.25) is 0 Å². The number of rotatable bonds is 5. The summed E-state index contributed by atoms with van der Waals surface area (Å²) in [5.41, 5.74) is 2.16. The lowest BCUT2D eigenvalue weighted by molar-refractivity contribution is 0.415. The van der Waals surface area contributed by atoms with Crippen LogP contribution in [0.25, 0.3) is 0 Å². The molecular formula is C14H19N3OS. The molecule has 0 aliphatic rings. The van der Waals surface area contributed by atoms with Gasteiger partial charge in [0.15, 0.2) is 5.13 Å². The van der Waals surface area contributed by atoms with Crippen molar-refractivity contribution in [2.75, 3.05) is 26.1 Å². The number of aromatic nitrogens is 1. The lowest BCUT2D eigenvalue weighted by Gasteiger charge is -2.16. The topological polar surface area (TPSA) is 37.4 Å². The SMILES string of the molecule is CNCc1sc(N(C)c2cccc(OC)c2)nc1C. The van der Waals surface area contributed by atoms with Crippen molar-refractivity contribution in [3.05, 3.63) is 34.8 Å². The van der Waals surface area contributed by atoms with Crippen molar-refractivity contribution in [2.45, 2.75) is 13.5 Å². The fourth-order valence-electron chi connectivity index (χ4n) is 1.81. The molecule has 2 aromatic rings. The van der Waals surface area contributed by atoms with Crippen LogP contribution in [0.5, 0.6) is 5.75 Å². The molecule has 4 nitrogen and oxygen atoms in total. The molecule has 0 bridgehead atoms. The van der Waals surface area contributed by atoms with Crippen LogP contribution in [0.3, 0.4) is 0 Å². The van der Waals surface area contributed by atoms with Crippen LogP contribution in [0.2, 0.25) is 0 Å². The maximum atomic E-state index is 5.25. The van der Waals surface area contributed by atoms with Crippen molar-refractivity contribution in [3.8, 4) is 5.75 Å². The zero-order valence-corrected chi connectivity index (χ0v) is 12.5. The molecule has 0 fully saturated rings. The molecule has 1 N–H and O–H groups in total. The molecule has 0 atom stereocenters. The predicted molar refractivity (Wildman–Crippen MR) is 80.7 cm³/mol. The molecule has 5 heteroatoms. The average molecular weight is 277 g/mol. The lowest BCUT2D eigenvalue weighted by atomic mass is 10.3. The Bertz CT molecular complexity index is 553. The first-order chi connectivity index (χ1) is 9.15. The van der Waals surface area contributed by atoms with Crippen LogP contribution in [0, 0.1) is 6.92 Å². The van der Waals surface area contributed by atoms with E-state index in [2.05, 4.69) is 21.3 Å². The molecule has 19 heavy (non-hydrogen) atoms. The number of thiazole rings is 1. The van der Waals surface area contributed by atoms with E-state index in [9.17, 15) is 0 Å². The molecule has 0 aliphatic carbocycles. The second kappa shape index (κ2) is 6.04. The van der Waals surface area contributed by atoms with Gasteiger partial charge in [-0.25, -0.2) is 4.98 Å². The third-order valence-corrected chi connectivity index (χ3v) is 4.18. The van der Waals surface area contributed by atoms with Gasteiger partial charge in [-0.1, -0.05) is 17.4 Å². The molecule has 0 saturated carbocycles. The highest BCUT2D eigenvalue weighted by Crippen LogP contribution is 2.31. The Hall–Kier alpha value is -1.59. The second-order valence-electron chi connectivity index (χ2n) is 4.30. The number of methoxy groups -OCH3 is 1. The molecule has 102 valence electrons. The second-order valence-corrected chi connectivity index (χ2v) is 5.36. The predicted octanol–water partition coefficient (Wildman–Crippen LogP) is 2.95. The van der Waals surface area contributed by atoms with Crippen molar-refractivity contribution in [2.24, 2.45) is 0 Å². The monoisotopic (exact) mass is 277 g/mol. The normalized spacial score (nSPS) is 10.5. The van der Waals surface area contributed by atoms with E-state index in [4.69, 9.17) is 4.74 Å². The summed E-state index contributed by atoms with van der Waals surface area (Å²) in [6.07, 6.45) is 0. The zero-order valence-electron chi connectivity index (χ0n) is 11.7. The van der Waals surface area contributed by atoms with Crippen LogP contribution in [0.1, 0.15) is 10.6 Å². The van der Waals surface area contributed by atoms with Gasteiger partial charge < -0.3 is 15.0 Å². The minimum Gasteiger partial charge on any atom is -0.497 e. The fraction of sp³-hybridized carbons (Fsp3) is 0.357. The number of ether oxygens (including phenoxy) is 1. The van der Waals surface area contributed by atoms with Gasteiger partial charge in [-0.05, 0) is 26.1 Å². The Morgan fingerprint density at radius 1 is 1.42 bits per heavy atom. The Labute approximate surface area is 118 Å². The highest BCUT2D eigenvalue weighted by Gasteiger charge is 2.12. The molecule has 1 aromatic heterocycles. The quantitative estimate of drug-likeness (QED) is 0.912. The lowest BCUT2D eigenvalue weighted by Crippen LogP contribution is -2.08. The van der Waals surface area contributed by atoms with Crippen molar-refractivity contribution < 1.29 is 4.74 Å². The van der Waals surface area contributed by atoms with Crippen LogP contribution < -0.4 is 15.0 Å². The van der Waals surface area contributed by atoms with Gasteiger partial charge >= 0.3 is 0 Å². The first-order valence-electron chi connectivity index (χ1n) is 6.14. The standard InChI is InChI=1S/C14H19N3OS/c1-10-13(9-15-2)19-14(16-10)17(3)11-6-5-7-12(8-11)18-4/h5-8,15H,9H2,1-4H3. The molecule has 0 amide bonds. The third-order valence-electron chi connectivity index (χ3n) is 2.95. The molecule has 1 heterocycles. The number of nitrogens with one attached hydrogen (secondary N) is 1. The summed E-state index contributed by atoms with van der Waals surface area (Å²) in [5.74, 6) is 0.855. The number of hydrogen-bond acceptors (Lipinski definition) is 5. The van der Waals surface area contributed by atoms with Gasteiger partial charge in [-0.15, -0.1) is 0 Å². The van der Waals surface area contributed by atoms with Crippen molar-refractivity contribution >= 4 is 22.2 Å². The average Bonchev–Trinajstić information content (AvgIpc) is 2.80. The summed E-state index contributed by atoms with van der Waals surface area (Å²) in [7, 11) is 5.65. The Morgan fingerprint density at radius 2 is 2.21 bits per heavy atom. The zero-order chi connectivity index (χ0) is 13.8. The fourth-order valence-corrected chi connectivity index (χ4v) is 2.87. The van der Waals surface area contributed by atoms with E-state index < -0.39 is 0 Å². The summed E-state index contributed by atoms with van der Waals surface area (Å²) in [5, 5.41) is 4.16. The van der Waals surface area contributed by atoms with E-state index in [1.165, 1.54) is 4.88 Å². The first kappa shape index (κ1) is 13.8.